The van der Waals surface area contributed by atoms with E-state index in [1.807, 2.05) is 24.4 Å². The summed E-state index contributed by atoms with van der Waals surface area (Å²) in [5.74, 6) is 1.00. The summed E-state index contributed by atoms with van der Waals surface area (Å²) in [6, 6.07) is 22.8. The Morgan fingerprint density at radius 3 is 2.54 bits per heavy atom. The first-order valence-corrected chi connectivity index (χ1v) is 8.05. The van der Waals surface area contributed by atoms with Gasteiger partial charge in [-0.25, -0.2) is 4.98 Å². The average Bonchev–Trinajstić information content (AvgIpc) is 3.03. The molecule has 0 spiro atoms. The van der Waals surface area contributed by atoms with Crippen molar-refractivity contribution in [1.29, 1.82) is 0 Å². The van der Waals surface area contributed by atoms with Crippen LogP contribution in [0.1, 0.15) is 11.9 Å². The van der Waals surface area contributed by atoms with Crippen molar-refractivity contribution >= 4 is 16.7 Å². The van der Waals surface area contributed by atoms with Gasteiger partial charge >= 0.3 is 0 Å². The smallest absolute Gasteiger partial charge is 0.151 e. The van der Waals surface area contributed by atoms with Crippen LogP contribution in [-0.2, 0) is 0 Å². The van der Waals surface area contributed by atoms with Gasteiger partial charge in [0, 0.05) is 24.5 Å². The van der Waals surface area contributed by atoms with Crippen LogP contribution in [0.4, 0.5) is 5.69 Å². The molecule has 0 unspecified atom stereocenters. The number of anilines is 1. The maximum atomic E-state index is 4.91. The standard InChI is InChI=1S/C20H16N4/c1-23-17-11-4-2-8-14(17)19-22-15-9-3-5-12-18(15)24(19)20(23)16-10-6-7-13-21-16/h2-13,20H,1H3/t20-/m0/s1. The fraction of sp³-hybridized carbons (Fsp3) is 0.100. The van der Waals surface area contributed by atoms with Crippen LogP contribution in [0, 0.1) is 0 Å². The van der Waals surface area contributed by atoms with Crippen molar-refractivity contribution in [1.82, 2.24) is 14.5 Å². The molecule has 0 saturated heterocycles. The molecular formula is C20H16N4. The van der Waals surface area contributed by atoms with E-state index in [-0.39, 0.29) is 6.17 Å². The fourth-order valence-electron chi connectivity index (χ4n) is 3.62. The molecule has 2 aromatic carbocycles. The quantitative estimate of drug-likeness (QED) is 0.531. The Labute approximate surface area is 140 Å². The fourth-order valence-corrected chi connectivity index (χ4v) is 3.62. The molecule has 4 nitrogen and oxygen atoms in total. The van der Waals surface area contributed by atoms with E-state index in [9.17, 15) is 0 Å². The molecule has 0 radical (unpaired) electrons. The lowest BCUT2D eigenvalue weighted by molar-refractivity contribution is 0.567. The monoisotopic (exact) mass is 312 g/mol. The highest BCUT2D eigenvalue weighted by molar-refractivity contribution is 5.87. The van der Waals surface area contributed by atoms with Crippen LogP contribution in [-0.4, -0.2) is 21.6 Å². The van der Waals surface area contributed by atoms with Crippen LogP contribution in [0.5, 0.6) is 0 Å². The summed E-state index contributed by atoms with van der Waals surface area (Å²) in [4.78, 5) is 11.8. The molecule has 2 aromatic heterocycles. The maximum Gasteiger partial charge on any atom is 0.151 e. The number of fused-ring (bicyclic) bond motifs is 5. The summed E-state index contributed by atoms with van der Waals surface area (Å²) >= 11 is 0. The first-order valence-electron chi connectivity index (χ1n) is 8.05. The summed E-state index contributed by atoms with van der Waals surface area (Å²) in [6.45, 7) is 0. The second-order valence-corrected chi connectivity index (χ2v) is 6.05. The summed E-state index contributed by atoms with van der Waals surface area (Å²) in [7, 11) is 2.12. The second kappa shape index (κ2) is 4.93. The number of hydrogen-bond donors (Lipinski definition) is 0. The Hall–Kier alpha value is -3.14. The Balaban J connectivity index is 1.89. The van der Waals surface area contributed by atoms with Gasteiger partial charge in [0.15, 0.2) is 6.17 Å². The first-order chi connectivity index (χ1) is 11.8. The third-order valence-electron chi connectivity index (χ3n) is 4.68. The lowest BCUT2D eigenvalue weighted by Crippen LogP contribution is -2.34. The summed E-state index contributed by atoms with van der Waals surface area (Å²) in [6.07, 6.45) is 1.84. The van der Waals surface area contributed by atoms with Crippen molar-refractivity contribution in [2.75, 3.05) is 11.9 Å². The number of imidazole rings is 1. The molecule has 5 rings (SSSR count). The topological polar surface area (TPSA) is 34.0 Å². The molecule has 0 fully saturated rings. The zero-order valence-electron chi connectivity index (χ0n) is 13.3. The van der Waals surface area contributed by atoms with Crippen LogP contribution in [0.2, 0.25) is 0 Å². The molecule has 0 amide bonds. The van der Waals surface area contributed by atoms with Crippen molar-refractivity contribution in [2.24, 2.45) is 0 Å². The second-order valence-electron chi connectivity index (χ2n) is 6.05. The van der Waals surface area contributed by atoms with Gasteiger partial charge in [0.2, 0.25) is 0 Å². The molecule has 4 heteroatoms. The lowest BCUT2D eigenvalue weighted by Gasteiger charge is -2.37. The predicted molar refractivity (Wildman–Crippen MR) is 95.9 cm³/mol. The van der Waals surface area contributed by atoms with Crippen LogP contribution in [0.3, 0.4) is 0 Å². The average molecular weight is 312 g/mol. The van der Waals surface area contributed by atoms with E-state index in [2.05, 4.69) is 70.0 Å². The van der Waals surface area contributed by atoms with Gasteiger partial charge in [0.05, 0.1) is 16.7 Å². The highest BCUT2D eigenvalue weighted by Crippen LogP contribution is 2.43. The number of para-hydroxylation sites is 3. The predicted octanol–water partition coefficient (Wildman–Crippen LogP) is 4.10. The zero-order valence-corrected chi connectivity index (χ0v) is 13.3. The number of pyridine rings is 1. The minimum Gasteiger partial charge on any atom is -0.348 e. The number of aromatic nitrogens is 3. The van der Waals surface area contributed by atoms with Gasteiger partial charge in [-0.15, -0.1) is 0 Å². The van der Waals surface area contributed by atoms with Crippen molar-refractivity contribution in [3.63, 3.8) is 0 Å². The molecule has 116 valence electrons. The molecule has 4 aromatic rings. The molecule has 3 heterocycles. The van der Waals surface area contributed by atoms with E-state index < -0.39 is 0 Å². The number of rotatable bonds is 1. The van der Waals surface area contributed by atoms with Crippen LogP contribution in [0.25, 0.3) is 22.4 Å². The maximum absolute atomic E-state index is 4.91. The molecule has 0 N–H and O–H groups in total. The van der Waals surface area contributed by atoms with Crippen LogP contribution in [0.15, 0.2) is 72.9 Å². The van der Waals surface area contributed by atoms with Gasteiger partial charge in [-0.1, -0.05) is 30.3 Å². The van der Waals surface area contributed by atoms with Gasteiger partial charge in [-0.3, -0.25) is 9.55 Å². The SMILES string of the molecule is CN1c2ccccc2-c2nc3ccccc3n2[C@H]1c1ccccn1. The third kappa shape index (κ3) is 1.74. The number of benzene rings is 2. The third-order valence-corrected chi connectivity index (χ3v) is 4.68. The molecule has 24 heavy (non-hydrogen) atoms. The van der Waals surface area contributed by atoms with Crippen molar-refractivity contribution in [3.8, 4) is 11.4 Å². The van der Waals surface area contributed by atoms with E-state index in [0.717, 1.165) is 28.1 Å². The summed E-state index contributed by atoms with van der Waals surface area (Å²) < 4.78 is 2.29. The van der Waals surface area contributed by atoms with Gasteiger partial charge < -0.3 is 4.90 Å². The molecule has 0 bridgehead atoms. The normalized spacial score (nSPS) is 16.0. The minimum atomic E-state index is -0.0106. The molecular weight excluding hydrogens is 296 g/mol. The van der Waals surface area contributed by atoms with E-state index in [4.69, 9.17) is 4.98 Å². The zero-order chi connectivity index (χ0) is 16.1. The van der Waals surface area contributed by atoms with Crippen molar-refractivity contribution in [2.45, 2.75) is 6.17 Å². The van der Waals surface area contributed by atoms with Crippen LogP contribution >= 0.6 is 0 Å². The van der Waals surface area contributed by atoms with E-state index in [1.165, 1.54) is 5.69 Å². The van der Waals surface area contributed by atoms with Crippen LogP contribution < -0.4 is 4.90 Å². The Bertz CT molecular complexity index is 1040. The van der Waals surface area contributed by atoms with Gasteiger partial charge in [-0.05, 0) is 36.4 Å². The lowest BCUT2D eigenvalue weighted by atomic mass is 10.1. The molecule has 0 saturated carbocycles. The first kappa shape index (κ1) is 13.3. The Kier molecular flexibility index (Phi) is 2.73. The minimum absolute atomic E-state index is 0.0106. The van der Waals surface area contributed by atoms with Crippen molar-refractivity contribution < 1.29 is 0 Å². The largest absolute Gasteiger partial charge is 0.348 e. The summed E-state index contributed by atoms with van der Waals surface area (Å²) in [5.41, 5.74) is 5.49. The van der Waals surface area contributed by atoms with Gasteiger partial charge in [-0.2, -0.15) is 0 Å². The van der Waals surface area contributed by atoms with Crippen molar-refractivity contribution in [3.05, 3.63) is 78.6 Å². The molecule has 1 aliphatic heterocycles. The van der Waals surface area contributed by atoms with E-state index >= 15 is 0 Å². The number of hydrogen-bond acceptors (Lipinski definition) is 3. The van der Waals surface area contributed by atoms with Gasteiger partial charge in [0.1, 0.15) is 5.82 Å². The summed E-state index contributed by atoms with van der Waals surface area (Å²) in [5, 5.41) is 0. The highest BCUT2D eigenvalue weighted by atomic mass is 15.3. The Morgan fingerprint density at radius 1 is 0.875 bits per heavy atom. The molecule has 0 aliphatic carbocycles. The Morgan fingerprint density at radius 2 is 1.67 bits per heavy atom. The molecule has 1 atom stereocenters. The highest BCUT2D eigenvalue weighted by Gasteiger charge is 2.32. The van der Waals surface area contributed by atoms with E-state index in [0.29, 0.717) is 0 Å². The molecule has 1 aliphatic rings. The number of nitrogens with zero attached hydrogens (tertiary/aromatic N) is 4. The van der Waals surface area contributed by atoms with Gasteiger partial charge in [0.25, 0.3) is 0 Å². The van der Waals surface area contributed by atoms with E-state index in [1.54, 1.807) is 0 Å².